The quantitative estimate of drug-likeness (QED) is 0.266. The van der Waals surface area contributed by atoms with Crippen LogP contribution in [0.15, 0.2) is 18.2 Å². The number of nitro benzene ring substituents is 1. The number of carbonyl (C=O) groups excluding carboxylic acids is 3. The first kappa shape index (κ1) is 27.8. The molecule has 2 amide bonds. The number of hydrogen-bond donors (Lipinski definition) is 1. The maximum absolute atomic E-state index is 12.9. The number of esters is 1. The predicted octanol–water partition coefficient (Wildman–Crippen LogP) is 3.57. The first-order valence-corrected chi connectivity index (χ1v) is 10.4. The van der Waals surface area contributed by atoms with Gasteiger partial charge in [0, 0.05) is 25.2 Å². The van der Waals surface area contributed by atoms with Crippen LogP contribution < -0.4 is 10.2 Å². The summed E-state index contributed by atoms with van der Waals surface area (Å²) in [5, 5.41) is 13.8. The molecule has 11 heteroatoms. The third kappa shape index (κ3) is 10.3. The number of nitro groups is 1. The van der Waals surface area contributed by atoms with Gasteiger partial charge in [0.05, 0.1) is 16.3 Å². The fraction of sp³-hybridized carbons (Fsp3) is 0.591. The van der Waals surface area contributed by atoms with Crippen LogP contribution in [0.1, 0.15) is 48.0 Å². The van der Waals surface area contributed by atoms with Gasteiger partial charge in [0.15, 0.2) is 0 Å². The first-order valence-electron chi connectivity index (χ1n) is 10.4. The molecule has 0 unspecified atom stereocenters. The molecule has 0 spiro atoms. The smallest absolute Gasteiger partial charge is 0.414 e. The molecule has 0 aliphatic heterocycles. The van der Waals surface area contributed by atoms with Crippen LogP contribution in [-0.4, -0.2) is 66.2 Å². The zero-order valence-corrected chi connectivity index (χ0v) is 20.6. The molecule has 11 nitrogen and oxygen atoms in total. The first-order chi connectivity index (χ1) is 15.0. The summed E-state index contributed by atoms with van der Waals surface area (Å²) in [4.78, 5) is 51.3. The molecule has 184 valence electrons. The lowest BCUT2D eigenvalue weighted by molar-refractivity contribution is -0.384. The highest BCUT2D eigenvalue weighted by Gasteiger charge is 2.27. The van der Waals surface area contributed by atoms with E-state index in [1.165, 1.54) is 17.0 Å². The van der Waals surface area contributed by atoms with Gasteiger partial charge in [0.25, 0.3) is 5.69 Å². The van der Waals surface area contributed by atoms with Crippen LogP contribution in [-0.2, 0) is 19.1 Å². The van der Waals surface area contributed by atoms with Crippen LogP contribution >= 0.6 is 0 Å². The Morgan fingerprint density at radius 2 is 1.58 bits per heavy atom. The zero-order chi connectivity index (χ0) is 25.6. The Kier molecular flexibility index (Phi) is 9.34. The van der Waals surface area contributed by atoms with Gasteiger partial charge in [0.1, 0.15) is 17.6 Å². The number of nitrogens with zero attached hydrogens (tertiary/aromatic N) is 3. The average Bonchev–Trinajstić information content (AvgIpc) is 2.58. The van der Waals surface area contributed by atoms with Gasteiger partial charge in [0.2, 0.25) is 5.91 Å². The molecule has 0 saturated carbocycles. The number of anilines is 2. The van der Waals surface area contributed by atoms with Gasteiger partial charge in [-0.25, -0.2) is 4.79 Å². The van der Waals surface area contributed by atoms with E-state index in [9.17, 15) is 24.5 Å². The molecule has 0 bridgehead atoms. The summed E-state index contributed by atoms with van der Waals surface area (Å²) in [6.45, 7) is 10.8. The number of hydrogen-bond acceptors (Lipinski definition) is 8. The van der Waals surface area contributed by atoms with E-state index < -0.39 is 40.5 Å². The Bertz CT molecular complexity index is 886. The molecular formula is C22H34N4O7. The van der Waals surface area contributed by atoms with E-state index in [0.717, 1.165) is 6.07 Å². The maximum atomic E-state index is 12.9. The molecule has 1 aromatic carbocycles. The summed E-state index contributed by atoms with van der Waals surface area (Å²) in [6, 6.07) is 3.72. The molecule has 1 N–H and O–H groups in total. The van der Waals surface area contributed by atoms with Crippen LogP contribution in [0, 0.1) is 10.1 Å². The van der Waals surface area contributed by atoms with E-state index in [4.69, 9.17) is 9.47 Å². The minimum Gasteiger partial charge on any atom is -0.460 e. The van der Waals surface area contributed by atoms with Gasteiger partial charge in [-0.05, 0) is 61.7 Å². The molecule has 0 aliphatic rings. The van der Waals surface area contributed by atoms with Gasteiger partial charge >= 0.3 is 12.1 Å². The highest BCUT2D eigenvalue weighted by molar-refractivity contribution is 6.05. The monoisotopic (exact) mass is 466 g/mol. The number of carbonyl (C=O) groups is 3. The minimum atomic E-state index is -0.783. The van der Waals surface area contributed by atoms with Crippen LogP contribution in [0.5, 0.6) is 0 Å². The normalized spacial score (nSPS) is 11.7. The zero-order valence-electron chi connectivity index (χ0n) is 20.6. The van der Waals surface area contributed by atoms with Crippen molar-refractivity contribution in [1.29, 1.82) is 0 Å². The van der Waals surface area contributed by atoms with Crippen molar-refractivity contribution in [3.63, 3.8) is 0 Å². The number of benzene rings is 1. The van der Waals surface area contributed by atoms with Crippen molar-refractivity contribution in [3.8, 4) is 0 Å². The SMILES string of the molecule is CN(C)CCN(C(=O)OC(C)(C)C)c1ccc([N+](=O)[O-])cc1NC(=O)CC(=O)OC(C)(C)C. The van der Waals surface area contributed by atoms with Gasteiger partial charge < -0.3 is 19.7 Å². The number of nitrogens with one attached hydrogen (secondary N) is 1. The second-order valence-corrected chi connectivity index (χ2v) is 9.71. The predicted molar refractivity (Wildman–Crippen MR) is 124 cm³/mol. The largest absolute Gasteiger partial charge is 0.460 e. The highest BCUT2D eigenvalue weighted by Crippen LogP contribution is 2.31. The molecular weight excluding hydrogens is 432 g/mol. The summed E-state index contributed by atoms with van der Waals surface area (Å²) in [5.74, 6) is -1.48. The third-order valence-corrected chi connectivity index (χ3v) is 3.87. The molecule has 1 rings (SSSR count). The number of ether oxygens (including phenoxy) is 2. The van der Waals surface area contributed by atoms with Crippen molar-refractivity contribution in [2.24, 2.45) is 0 Å². The van der Waals surface area contributed by atoms with E-state index in [1.54, 1.807) is 41.5 Å². The fourth-order valence-electron chi connectivity index (χ4n) is 2.60. The van der Waals surface area contributed by atoms with Gasteiger partial charge in [-0.3, -0.25) is 24.6 Å². The molecule has 0 radical (unpaired) electrons. The molecule has 0 heterocycles. The molecule has 0 aromatic heterocycles. The van der Waals surface area contributed by atoms with E-state index >= 15 is 0 Å². The average molecular weight is 467 g/mol. The van der Waals surface area contributed by atoms with Gasteiger partial charge in [-0.15, -0.1) is 0 Å². The minimum absolute atomic E-state index is 0.00220. The Labute approximate surface area is 194 Å². The second-order valence-electron chi connectivity index (χ2n) is 9.71. The number of rotatable bonds is 8. The van der Waals surface area contributed by atoms with Crippen LogP contribution in [0.2, 0.25) is 0 Å². The van der Waals surface area contributed by atoms with Crippen molar-refractivity contribution in [2.75, 3.05) is 37.4 Å². The lowest BCUT2D eigenvalue weighted by Crippen LogP contribution is -2.41. The summed E-state index contributed by atoms with van der Waals surface area (Å²) in [6.07, 6.45) is -1.27. The van der Waals surface area contributed by atoms with Crippen molar-refractivity contribution >= 4 is 35.0 Å². The second kappa shape index (κ2) is 11.1. The van der Waals surface area contributed by atoms with Gasteiger partial charge in [-0.1, -0.05) is 0 Å². The lowest BCUT2D eigenvalue weighted by atomic mass is 10.2. The van der Waals surface area contributed by atoms with E-state index in [2.05, 4.69) is 5.32 Å². The maximum Gasteiger partial charge on any atom is 0.414 e. The third-order valence-electron chi connectivity index (χ3n) is 3.87. The Hall–Kier alpha value is -3.21. The van der Waals surface area contributed by atoms with E-state index in [0.29, 0.717) is 6.54 Å². The van der Waals surface area contributed by atoms with Crippen LogP contribution in [0.25, 0.3) is 0 Å². The van der Waals surface area contributed by atoms with E-state index in [-0.39, 0.29) is 23.6 Å². The van der Waals surface area contributed by atoms with Crippen molar-refractivity contribution < 1.29 is 28.8 Å². The number of non-ortho nitro benzene ring substituents is 1. The van der Waals surface area contributed by atoms with Crippen molar-refractivity contribution in [3.05, 3.63) is 28.3 Å². The molecule has 0 fully saturated rings. The molecule has 0 aliphatic carbocycles. The molecule has 0 saturated heterocycles. The fourth-order valence-corrected chi connectivity index (χ4v) is 2.60. The van der Waals surface area contributed by atoms with E-state index in [1.807, 2.05) is 19.0 Å². The Balaban J connectivity index is 3.32. The summed E-state index contributed by atoms with van der Waals surface area (Å²) < 4.78 is 10.6. The van der Waals surface area contributed by atoms with Crippen LogP contribution in [0.3, 0.4) is 0 Å². The number of amides is 2. The van der Waals surface area contributed by atoms with Crippen molar-refractivity contribution in [2.45, 2.75) is 59.2 Å². The summed E-state index contributed by atoms with van der Waals surface area (Å²) in [5.41, 5.74) is -1.64. The lowest BCUT2D eigenvalue weighted by Gasteiger charge is -2.29. The molecule has 0 atom stereocenters. The number of likely N-dealkylation sites (N-methyl/N-ethyl adjacent to an activating group) is 1. The van der Waals surface area contributed by atoms with Crippen LogP contribution in [0.4, 0.5) is 21.9 Å². The molecule has 1 aromatic rings. The Morgan fingerprint density at radius 1 is 1.00 bits per heavy atom. The standard InChI is InChI=1S/C22H34N4O7/c1-21(2,3)32-19(28)14-18(27)23-16-13-15(26(30)31)9-10-17(16)25(12-11-24(7)8)20(29)33-22(4,5)6/h9-10,13H,11-12,14H2,1-8H3,(H,23,27). The van der Waals surface area contributed by atoms with Crippen molar-refractivity contribution in [1.82, 2.24) is 4.90 Å². The summed E-state index contributed by atoms with van der Waals surface area (Å²) >= 11 is 0. The Morgan fingerprint density at radius 3 is 2.06 bits per heavy atom. The van der Waals surface area contributed by atoms with Gasteiger partial charge in [-0.2, -0.15) is 0 Å². The highest BCUT2D eigenvalue weighted by atomic mass is 16.6. The molecule has 33 heavy (non-hydrogen) atoms. The summed E-state index contributed by atoms with van der Waals surface area (Å²) in [7, 11) is 3.65. The topological polar surface area (TPSA) is 131 Å².